The standard InChI is InChI=1S/C31H63NO4/c1-5-8-10-12-14-15-16-17-18-19-20-22-24-26-28-36-31(35,7-3)32(29(4)33)30(34)27-25-23-21-13-11-9-6-2/h29,33,35H,5-28H2,1-4H3. The Hall–Kier alpha value is -0.650. The molecule has 0 aliphatic rings. The fraction of sp³-hybridized carbons (Fsp3) is 0.968. The number of hydrogen-bond acceptors (Lipinski definition) is 4. The number of carbonyl (C=O) groups is 1. The highest BCUT2D eigenvalue weighted by Gasteiger charge is 2.39. The van der Waals surface area contributed by atoms with Crippen LogP contribution in [0.2, 0.25) is 0 Å². The Balaban J connectivity index is 4.01. The van der Waals surface area contributed by atoms with Crippen molar-refractivity contribution in [3.8, 4) is 0 Å². The lowest BCUT2D eigenvalue weighted by atomic mass is 10.0. The molecule has 0 rings (SSSR count). The minimum absolute atomic E-state index is 0.233. The number of nitrogens with zero attached hydrogens (tertiary/aromatic N) is 1. The van der Waals surface area contributed by atoms with Crippen LogP contribution in [0, 0.1) is 0 Å². The molecule has 0 saturated heterocycles. The minimum atomic E-state index is -1.73. The Labute approximate surface area is 224 Å². The molecule has 0 aromatic carbocycles. The van der Waals surface area contributed by atoms with Gasteiger partial charge in [0, 0.05) is 12.8 Å². The zero-order valence-corrected chi connectivity index (χ0v) is 24.7. The highest BCUT2D eigenvalue weighted by atomic mass is 16.7. The average Bonchev–Trinajstić information content (AvgIpc) is 2.85. The fourth-order valence-corrected chi connectivity index (χ4v) is 4.92. The number of amides is 1. The summed E-state index contributed by atoms with van der Waals surface area (Å²) in [6, 6.07) is 0. The largest absolute Gasteiger partial charge is 0.374 e. The Morgan fingerprint density at radius 1 is 0.667 bits per heavy atom. The topological polar surface area (TPSA) is 70.0 Å². The first-order valence-corrected chi connectivity index (χ1v) is 15.8. The number of aliphatic hydroxyl groups excluding tert-OH is 1. The highest BCUT2D eigenvalue weighted by molar-refractivity contribution is 5.76. The van der Waals surface area contributed by atoms with Gasteiger partial charge in [-0.2, -0.15) is 0 Å². The first-order chi connectivity index (χ1) is 17.4. The summed E-state index contributed by atoms with van der Waals surface area (Å²) in [5.74, 6) is -1.97. The Morgan fingerprint density at radius 3 is 1.39 bits per heavy atom. The summed E-state index contributed by atoms with van der Waals surface area (Å²) in [5, 5.41) is 21.3. The number of unbranched alkanes of at least 4 members (excludes halogenated alkanes) is 19. The van der Waals surface area contributed by atoms with E-state index in [0.717, 1.165) is 37.0 Å². The second-order valence-electron chi connectivity index (χ2n) is 10.8. The zero-order chi connectivity index (χ0) is 26.9. The molecule has 0 aromatic heterocycles. The minimum Gasteiger partial charge on any atom is -0.374 e. The maximum atomic E-state index is 12.8. The number of carbonyl (C=O) groups excluding carboxylic acids is 1. The molecule has 0 fully saturated rings. The summed E-state index contributed by atoms with van der Waals surface area (Å²) < 4.78 is 5.80. The van der Waals surface area contributed by atoms with Crippen LogP contribution in [0.1, 0.15) is 175 Å². The van der Waals surface area contributed by atoms with E-state index in [1.165, 1.54) is 110 Å². The van der Waals surface area contributed by atoms with Crippen LogP contribution in [0.5, 0.6) is 0 Å². The van der Waals surface area contributed by atoms with Crippen molar-refractivity contribution in [2.75, 3.05) is 6.61 Å². The molecule has 0 radical (unpaired) electrons. The smallest absolute Gasteiger partial charge is 0.253 e. The first kappa shape index (κ1) is 35.4. The van der Waals surface area contributed by atoms with Crippen LogP contribution >= 0.6 is 0 Å². The van der Waals surface area contributed by atoms with Gasteiger partial charge in [0.05, 0.1) is 6.61 Å². The van der Waals surface area contributed by atoms with Crippen molar-refractivity contribution in [1.82, 2.24) is 4.90 Å². The highest BCUT2D eigenvalue weighted by Crippen LogP contribution is 2.24. The summed E-state index contributed by atoms with van der Waals surface area (Å²) in [5.41, 5.74) is 0. The van der Waals surface area contributed by atoms with Crippen LogP contribution in [0.4, 0.5) is 0 Å². The first-order valence-electron chi connectivity index (χ1n) is 15.8. The molecule has 0 aliphatic heterocycles. The van der Waals surface area contributed by atoms with E-state index in [-0.39, 0.29) is 12.3 Å². The maximum Gasteiger partial charge on any atom is 0.253 e. The van der Waals surface area contributed by atoms with Gasteiger partial charge in [-0.25, -0.2) is 0 Å². The third-order valence-corrected chi connectivity index (χ3v) is 7.30. The second kappa shape index (κ2) is 24.7. The molecule has 0 bridgehead atoms. The number of ether oxygens (including phenoxy) is 1. The van der Waals surface area contributed by atoms with E-state index in [1.54, 1.807) is 6.92 Å². The van der Waals surface area contributed by atoms with Gasteiger partial charge >= 0.3 is 0 Å². The predicted molar refractivity (Wildman–Crippen MR) is 153 cm³/mol. The van der Waals surface area contributed by atoms with Crippen molar-refractivity contribution in [3.05, 3.63) is 0 Å². The van der Waals surface area contributed by atoms with E-state index in [1.807, 2.05) is 0 Å². The van der Waals surface area contributed by atoms with Gasteiger partial charge in [0.2, 0.25) is 5.91 Å². The molecule has 1 amide bonds. The molecule has 0 saturated carbocycles. The molecular formula is C31H63NO4. The SMILES string of the molecule is CCCCCCCCCCCCCCCCOC(O)(CC)N(C(=O)CCCCCCCCC)C(C)O. The summed E-state index contributed by atoms with van der Waals surface area (Å²) in [6.07, 6.45) is 25.5. The summed E-state index contributed by atoms with van der Waals surface area (Å²) in [6.45, 7) is 8.20. The van der Waals surface area contributed by atoms with Gasteiger partial charge < -0.3 is 14.9 Å². The van der Waals surface area contributed by atoms with Gasteiger partial charge in [0.1, 0.15) is 6.23 Å². The summed E-state index contributed by atoms with van der Waals surface area (Å²) >= 11 is 0. The van der Waals surface area contributed by atoms with Crippen molar-refractivity contribution in [3.63, 3.8) is 0 Å². The number of rotatable bonds is 27. The van der Waals surface area contributed by atoms with Gasteiger partial charge in [-0.15, -0.1) is 0 Å². The van der Waals surface area contributed by atoms with Crippen LogP contribution in [0.3, 0.4) is 0 Å². The van der Waals surface area contributed by atoms with Gasteiger partial charge in [0.25, 0.3) is 5.91 Å². The van der Waals surface area contributed by atoms with Gasteiger partial charge in [-0.1, -0.05) is 143 Å². The lowest BCUT2D eigenvalue weighted by Crippen LogP contribution is -2.57. The van der Waals surface area contributed by atoms with Gasteiger partial charge in [-0.05, 0) is 19.8 Å². The third kappa shape index (κ3) is 18.6. The summed E-state index contributed by atoms with van der Waals surface area (Å²) in [4.78, 5) is 14.0. The van der Waals surface area contributed by atoms with Gasteiger partial charge in [0.15, 0.2) is 0 Å². The van der Waals surface area contributed by atoms with E-state index >= 15 is 0 Å². The van der Waals surface area contributed by atoms with Crippen LogP contribution in [0.25, 0.3) is 0 Å². The number of hydrogen-bond donors (Lipinski definition) is 2. The van der Waals surface area contributed by atoms with Crippen molar-refractivity contribution >= 4 is 5.91 Å². The van der Waals surface area contributed by atoms with Crippen LogP contribution < -0.4 is 0 Å². The van der Waals surface area contributed by atoms with Crippen LogP contribution in [-0.4, -0.2) is 39.8 Å². The molecule has 5 heteroatoms. The van der Waals surface area contributed by atoms with E-state index in [4.69, 9.17) is 4.74 Å². The second-order valence-corrected chi connectivity index (χ2v) is 10.8. The van der Waals surface area contributed by atoms with Crippen molar-refractivity contribution < 1.29 is 19.7 Å². The molecule has 0 heterocycles. The van der Waals surface area contributed by atoms with E-state index in [9.17, 15) is 15.0 Å². The van der Waals surface area contributed by atoms with E-state index in [2.05, 4.69) is 13.8 Å². The Morgan fingerprint density at radius 2 is 1.03 bits per heavy atom. The molecule has 5 nitrogen and oxygen atoms in total. The number of aliphatic hydroxyl groups is 2. The fourth-order valence-electron chi connectivity index (χ4n) is 4.92. The maximum absolute atomic E-state index is 12.8. The van der Waals surface area contributed by atoms with Gasteiger partial charge in [-0.3, -0.25) is 9.69 Å². The Kier molecular flexibility index (Phi) is 24.2. The Bertz CT molecular complexity index is 485. The molecule has 2 unspecified atom stereocenters. The quantitative estimate of drug-likeness (QED) is 0.0850. The summed E-state index contributed by atoms with van der Waals surface area (Å²) in [7, 11) is 0. The van der Waals surface area contributed by atoms with Crippen molar-refractivity contribution in [2.45, 2.75) is 188 Å². The lowest BCUT2D eigenvalue weighted by Gasteiger charge is -2.40. The zero-order valence-electron chi connectivity index (χ0n) is 24.7. The van der Waals surface area contributed by atoms with E-state index in [0.29, 0.717) is 13.0 Å². The van der Waals surface area contributed by atoms with E-state index < -0.39 is 12.1 Å². The third-order valence-electron chi connectivity index (χ3n) is 7.30. The molecule has 0 spiro atoms. The molecule has 216 valence electrons. The molecule has 0 aromatic rings. The monoisotopic (exact) mass is 513 g/mol. The predicted octanol–water partition coefficient (Wildman–Crippen LogP) is 8.85. The lowest BCUT2D eigenvalue weighted by molar-refractivity contribution is -0.309. The molecule has 2 atom stereocenters. The van der Waals surface area contributed by atoms with Crippen LogP contribution in [0.15, 0.2) is 0 Å². The van der Waals surface area contributed by atoms with Crippen molar-refractivity contribution in [2.24, 2.45) is 0 Å². The average molecular weight is 514 g/mol. The molecule has 2 N–H and O–H groups in total. The molecular weight excluding hydrogens is 450 g/mol. The molecule has 0 aliphatic carbocycles. The van der Waals surface area contributed by atoms with Crippen LogP contribution in [-0.2, 0) is 9.53 Å². The van der Waals surface area contributed by atoms with Crippen molar-refractivity contribution in [1.29, 1.82) is 0 Å². The molecule has 36 heavy (non-hydrogen) atoms. The normalized spacial score (nSPS) is 14.1.